The second-order valence-electron chi connectivity index (χ2n) is 7.04. The van der Waals surface area contributed by atoms with Crippen LogP contribution >= 0.6 is 0 Å². The van der Waals surface area contributed by atoms with Gasteiger partial charge in [0, 0.05) is 17.9 Å². The van der Waals surface area contributed by atoms with E-state index >= 15 is 0 Å². The number of carbonyl (C=O) groups is 2. The van der Waals surface area contributed by atoms with Gasteiger partial charge in [-0.2, -0.15) is 0 Å². The number of hydrogen-bond donors (Lipinski definition) is 1. The predicted molar refractivity (Wildman–Crippen MR) is 112 cm³/mol. The molecule has 0 saturated carbocycles. The molecule has 3 aromatic rings. The third-order valence-corrected chi connectivity index (χ3v) is 4.99. The molecule has 1 heterocycles. The van der Waals surface area contributed by atoms with Crippen LogP contribution in [0, 0.1) is 31.3 Å². The fourth-order valence-corrected chi connectivity index (χ4v) is 3.45. The highest BCUT2D eigenvalue weighted by atomic mass is 19.1. The number of aromatic nitrogens is 1. The number of nitrogens with zero attached hydrogens (tertiary/aromatic N) is 2. The zero-order valence-corrected chi connectivity index (χ0v) is 17.4. The fourth-order valence-electron chi connectivity index (χ4n) is 3.45. The van der Waals surface area contributed by atoms with Crippen molar-refractivity contribution in [3.63, 3.8) is 0 Å². The molecule has 0 aliphatic heterocycles. The number of amides is 2. The number of likely N-dealkylation sites (N-methyl/N-ethyl adjacent to an activating group) is 1. The highest BCUT2D eigenvalue weighted by molar-refractivity contribution is 6.00. The minimum atomic E-state index is -0.906. The average molecular weight is 429 g/mol. The van der Waals surface area contributed by atoms with Crippen LogP contribution in [0.1, 0.15) is 28.7 Å². The number of nitrogens with one attached hydrogen (secondary N) is 1. The Balaban J connectivity index is 1.84. The summed E-state index contributed by atoms with van der Waals surface area (Å²) in [6.45, 7) is 4.92. The van der Waals surface area contributed by atoms with Crippen LogP contribution in [0.15, 0.2) is 48.5 Å². The molecule has 31 heavy (non-hydrogen) atoms. The first-order valence-electron chi connectivity index (χ1n) is 9.71. The summed E-state index contributed by atoms with van der Waals surface area (Å²) in [4.78, 5) is 26.7. The van der Waals surface area contributed by atoms with Crippen LogP contribution in [-0.2, 0) is 4.79 Å². The molecule has 5 nitrogen and oxygen atoms in total. The number of hydrogen-bond acceptors (Lipinski definition) is 2. The minimum Gasteiger partial charge on any atom is -0.330 e. The number of rotatable bonds is 6. The molecular weight excluding hydrogens is 407 g/mol. The molecule has 0 radical (unpaired) electrons. The van der Waals surface area contributed by atoms with Crippen LogP contribution in [0.2, 0.25) is 0 Å². The van der Waals surface area contributed by atoms with Crippen molar-refractivity contribution >= 4 is 17.5 Å². The predicted octanol–water partition coefficient (Wildman–Crippen LogP) is 4.61. The lowest BCUT2D eigenvalue weighted by Crippen LogP contribution is -2.38. The van der Waals surface area contributed by atoms with Gasteiger partial charge in [0.1, 0.15) is 29.7 Å². The molecule has 0 aliphatic rings. The molecule has 0 atom stereocenters. The summed E-state index contributed by atoms with van der Waals surface area (Å²) in [5, 5.41) is 2.18. The lowest BCUT2D eigenvalue weighted by atomic mass is 10.2. The van der Waals surface area contributed by atoms with E-state index in [-0.39, 0.29) is 6.54 Å². The first-order chi connectivity index (χ1) is 14.7. The van der Waals surface area contributed by atoms with Crippen LogP contribution in [0.5, 0.6) is 0 Å². The monoisotopic (exact) mass is 429 g/mol. The molecule has 0 fully saturated rings. The second kappa shape index (κ2) is 9.07. The summed E-state index contributed by atoms with van der Waals surface area (Å²) in [7, 11) is 0. The SMILES string of the molecule is CCN(CC(=O)Nc1c(F)cccc1F)C(=O)c1cc(C)n(-c2ccccc2F)c1C. The second-order valence-corrected chi connectivity index (χ2v) is 7.04. The number of anilines is 1. The van der Waals surface area contributed by atoms with Gasteiger partial charge in [-0.1, -0.05) is 18.2 Å². The molecule has 8 heteroatoms. The lowest BCUT2D eigenvalue weighted by Gasteiger charge is -2.21. The van der Waals surface area contributed by atoms with Gasteiger partial charge in [0.2, 0.25) is 5.91 Å². The van der Waals surface area contributed by atoms with Crippen LogP contribution in [0.4, 0.5) is 18.9 Å². The van der Waals surface area contributed by atoms with Crippen LogP contribution in [0.25, 0.3) is 5.69 Å². The van der Waals surface area contributed by atoms with E-state index in [0.717, 1.165) is 12.1 Å². The van der Waals surface area contributed by atoms with Gasteiger partial charge in [0.05, 0.1) is 11.3 Å². The van der Waals surface area contributed by atoms with Gasteiger partial charge < -0.3 is 14.8 Å². The standard InChI is InChI=1S/C23H22F3N3O2/c1-4-28(13-21(30)27-22-18(25)9-7-10-19(22)26)23(31)16-12-14(2)29(15(16)3)20-11-6-5-8-17(20)24/h5-12H,4,13H2,1-3H3,(H,27,30). The molecular formula is C23H22F3N3O2. The van der Waals surface area contributed by atoms with Gasteiger partial charge in [0.25, 0.3) is 5.91 Å². The smallest absolute Gasteiger partial charge is 0.256 e. The van der Waals surface area contributed by atoms with Gasteiger partial charge in [-0.15, -0.1) is 0 Å². The van der Waals surface area contributed by atoms with Crippen molar-refractivity contribution < 1.29 is 22.8 Å². The lowest BCUT2D eigenvalue weighted by molar-refractivity contribution is -0.116. The third-order valence-electron chi connectivity index (χ3n) is 4.99. The van der Waals surface area contributed by atoms with Crippen molar-refractivity contribution in [3.8, 4) is 5.69 Å². The van der Waals surface area contributed by atoms with Gasteiger partial charge in [0.15, 0.2) is 0 Å². The normalized spacial score (nSPS) is 10.8. The van der Waals surface area contributed by atoms with Gasteiger partial charge >= 0.3 is 0 Å². The Bertz CT molecular complexity index is 1120. The topological polar surface area (TPSA) is 54.3 Å². The van der Waals surface area contributed by atoms with Crippen molar-refractivity contribution in [1.29, 1.82) is 0 Å². The summed E-state index contributed by atoms with van der Waals surface area (Å²) in [6.07, 6.45) is 0. The fraction of sp³-hybridized carbons (Fsp3) is 0.217. The van der Waals surface area contributed by atoms with Crippen molar-refractivity contribution in [1.82, 2.24) is 9.47 Å². The van der Waals surface area contributed by atoms with Crippen molar-refractivity contribution in [3.05, 3.63) is 82.9 Å². The molecule has 1 N–H and O–H groups in total. The summed E-state index contributed by atoms with van der Waals surface area (Å²) < 4.78 is 43.5. The quantitative estimate of drug-likeness (QED) is 0.622. The first-order valence-corrected chi connectivity index (χ1v) is 9.71. The van der Waals surface area contributed by atoms with Crippen LogP contribution in [0.3, 0.4) is 0 Å². The van der Waals surface area contributed by atoms with Crippen molar-refractivity contribution in [2.24, 2.45) is 0 Å². The third kappa shape index (κ3) is 4.47. The molecule has 2 aromatic carbocycles. The van der Waals surface area contributed by atoms with Gasteiger partial charge in [-0.3, -0.25) is 9.59 Å². The van der Waals surface area contributed by atoms with E-state index in [1.807, 2.05) is 0 Å². The Labute approximate surface area is 178 Å². The molecule has 0 spiro atoms. The van der Waals surface area contributed by atoms with E-state index in [2.05, 4.69) is 5.32 Å². The highest BCUT2D eigenvalue weighted by Gasteiger charge is 2.24. The van der Waals surface area contributed by atoms with E-state index < -0.39 is 41.5 Å². The summed E-state index contributed by atoms with van der Waals surface area (Å²) >= 11 is 0. The molecule has 1 aromatic heterocycles. The van der Waals surface area contributed by atoms with Gasteiger partial charge in [-0.05, 0) is 51.1 Å². The zero-order chi connectivity index (χ0) is 22.7. The molecule has 0 bridgehead atoms. The zero-order valence-electron chi connectivity index (χ0n) is 17.4. The van der Waals surface area contributed by atoms with Crippen LogP contribution in [-0.4, -0.2) is 34.4 Å². The summed E-state index contributed by atoms with van der Waals surface area (Å²) in [6, 6.07) is 11.1. The first kappa shape index (κ1) is 22.1. The van der Waals surface area contributed by atoms with Gasteiger partial charge in [-0.25, -0.2) is 13.2 Å². The number of benzene rings is 2. The minimum absolute atomic E-state index is 0.190. The molecule has 162 valence electrons. The Hall–Kier alpha value is -3.55. The average Bonchev–Trinajstić information content (AvgIpc) is 3.03. The summed E-state index contributed by atoms with van der Waals surface area (Å²) in [5.41, 5.74) is 1.24. The largest absolute Gasteiger partial charge is 0.330 e. The van der Waals surface area contributed by atoms with Crippen molar-refractivity contribution in [2.75, 3.05) is 18.4 Å². The number of halogens is 3. The van der Waals surface area contributed by atoms with E-state index in [9.17, 15) is 22.8 Å². The Kier molecular flexibility index (Phi) is 6.48. The Morgan fingerprint density at radius 3 is 2.19 bits per heavy atom. The highest BCUT2D eigenvalue weighted by Crippen LogP contribution is 2.24. The molecule has 3 rings (SSSR count). The molecule has 0 saturated heterocycles. The summed E-state index contributed by atoms with van der Waals surface area (Å²) in [5.74, 6) is -3.42. The number of carbonyl (C=O) groups excluding carboxylic acids is 2. The maximum atomic E-state index is 14.3. The molecule has 0 aliphatic carbocycles. The Morgan fingerprint density at radius 1 is 0.968 bits per heavy atom. The molecule has 2 amide bonds. The van der Waals surface area contributed by atoms with E-state index in [0.29, 0.717) is 22.6 Å². The van der Waals surface area contributed by atoms with Crippen molar-refractivity contribution in [2.45, 2.75) is 20.8 Å². The Morgan fingerprint density at radius 2 is 1.58 bits per heavy atom. The van der Waals surface area contributed by atoms with Crippen LogP contribution < -0.4 is 5.32 Å². The van der Waals surface area contributed by atoms with E-state index in [1.165, 1.54) is 17.0 Å². The number of aryl methyl sites for hydroxylation is 1. The number of para-hydroxylation sites is 2. The maximum Gasteiger partial charge on any atom is 0.256 e. The van der Waals surface area contributed by atoms with E-state index in [4.69, 9.17) is 0 Å². The maximum absolute atomic E-state index is 14.3. The molecule has 0 unspecified atom stereocenters. The van der Waals surface area contributed by atoms with E-state index in [1.54, 1.807) is 49.6 Å².